The molecule has 0 aromatic rings. The lowest BCUT2D eigenvalue weighted by Gasteiger charge is -2.36. The fraction of sp³-hybridized carbons (Fsp3) is 1.00. The Kier molecular flexibility index (Phi) is 2.94. The third-order valence-electron chi connectivity index (χ3n) is 3.38. The van der Waals surface area contributed by atoms with E-state index in [9.17, 15) is 0 Å². The lowest BCUT2D eigenvalue weighted by Crippen LogP contribution is -2.42. The summed E-state index contributed by atoms with van der Waals surface area (Å²) in [6.45, 7) is 4.51. The van der Waals surface area contributed by atoms with Gasteiger partial charge in [0, 0.05) is 5.54 Å². The summed E-state index contributed by atoms with van der Waals surface area (Å²) < 4.78 is 0. The van der Waals surface area contributed by atoms with Crippen molar-refractivity contribution in [2.24, 2.45) is 11.7 Å². The lowest BCUT2D eigenvalue weighted by molar-refractivity contribution is 0.224. The second-order valence-electron chi connectivity index (χ2n) is 4.07. The van der Waals surface area contributed by atoms with Crippen molar-refractivity contribution >= 4 is 0 Å². The second-order valence-corrected chi connectivity index (χ2v) is 4.07. The second kappa shape index (κ2) is 3.57. The topological polar surface area (TPSA) is 26.0 Å². The molecule has 0 bridgehead atoms. The first-order chi connectivity index (χ1) is 5.20. The van der Waals surface area contributed by atoms with Gasteiger partial charge in [0.2, 0.25) is 0 Å². The van der Waals surface area contributed by atoms with Crippen LogP contribution in [0, 0.1) is 5.92 Å². The van der Waals surface area contributed by atoms with Crippen molar-refractivity contribution in [1.29, 1.82) is 0 Å². The molecule has 1 aliphatic rings. The molecular formula is C10H21N. The van der Waals surface area contributed by atoms with Gasteiger partial charge in [-0.05, 0) is 38.0 Å². The Morgan fingerprint density at radius 1 is 1.27 bits per heavy atom. The Balaban J connectivity index is 2.35. The van der Waals surface area contributed by atoms with Crippen LogP contribution in [-0.2, 0) is 0 Å². The van der Waals surface area contributed by atoms with Gasteiger partial charge in [-0.25, -0.2) is 0 Å². The Morgan fingerprint density at radius 2 is 1.82 bits per heavy atom. The van der Waals surface area contributed by atoms with Gasteiger partial charge in [-0.15, -0.1) is 0 Å². The van der Waals surface area contributed by atoms with E-state index in [1.807, 2.05) is 0 Å². The van der Waals surface area contributed by atoms with Crippen LogP contribution >= 0.6 is 0 Å². The highest BCUT2D eigenvalue weighted by Crippen LogP contribution is 2.33. The summed E-state index contributed by atoms with van der Waals surface area (Å²) in [5, 5.41) is 0. The van der Waals surface area contributed by atoms with Crippen LogP contribution in [0.5, 0.6) is 0 Å². The maximum atomic E-state index is 6.18. The molecule has 0 radical (unpaired) electrons. The van der Waals surface area contributed by atoms with Gasteiger partial charge >= 0.3 is 0 Å². The molecule has 0 saturated heterocycles. The van der Waals surface area contributed by atoms with E-state index in [2.05, 4.69) is 13.8 Å². The van der Waals surface area contributed by atoms with E-state index in [0.717, 1.165) is 12.3 Å². The highest BCUT2D eigenvalue weighted by atomic mass is 14.7. The predicted molar refractivity (Wildman–Crippen MR) is 49.5 cm³/mol. The molecule has 1 aliphatic carbocycles. The van der Waals surface area contributed by atoms with Gasteiger partial charge < -0.3 is 5.73 Å². The number of hydrogen-bond donors (Lipinski definition) is 1. The van der Waals surface area contributed by atoms with Crippen LogP contribution in [0.15, 0.2) is 0 Å². The van der Waals surface area contributed by atoms with Gasteiger partial charge in [0.05, 0.1) is 0 Å². The minimum Gasteiger partial charge on any atom is -0.325 e. The van der Waals surface area contributed by atoms with E-state index in [1.54, 1.807) is 0 Å². The van der Waals surface area contributed by atoms with Gasteiger partial charge in [-0.1, -0.05) is 20.3 Å². The van der Waals surface area contributed by atoms with Crippen LogP contribution in [0.4, 0.5) is 0 Å². The van der Waals surface area contributed by atoms with Crippen LogP contribution in [0.1, 0.15) is 52.4 Å². The molecule has 2 N–H and O–H groups in total. The molecule has 0 aromatic heterocycles. The first-order valence-electron chi connectivity index (χ1n) is 4.99. The van der Waals surface area contributed by atoms with Gasteiger partial charge in [0.25, 0.3) is 0 Å². The van der Waals surface area contributed by atoms with Gasteiger partial charge in [-0.2, -0.15) is 0 Å². The molecule has 0 aliphatic heterocycles. The van der Waals surface area contributed by atoms with Crippen LogP contribution in [0.25, 0.3) is 0 Å². The molecule has 1 heteroatoms. The molecule has 0 heterocycles. The van der Waals surface area contributed by atoms with Gasteiger partial charge in [0.15, 0.2) is 0 Å². The molecule has 0 amide bonds. The highest BCUT2D eigenvalue weighted by molar-refractivity contribution is 4.88. The summed E-state index contributed by atoms with van der Waals surface area (Å²) in [6.07, 6.45) is 7.73. The maximum absolute atomic E-state index is 6.18. The van der Waals surface area contributed by atoms with E-state index < -0.39 is 0 Å². The largest absolute Gasteiger partial charge is 0.325 e. The Morgan fingerprint density at radius 3 is 2.18 bits per heavy atom. The summed E-state index contributed by atoms with van der Waals surface area (Å²) in [5.74, 6) is 0.971. The van der Waals surface area contributed by atoms with Crippen molar-refractivity contribution in [3.8, 4) is 0 Å². The average molecular weight is 155 g/mol. The lowest BCUT2D eigenvalue weighted by atomic mass is 9.75. The zero-order valence-corrected chi connectivity index (χ0v) is 7.90. The highest BCUT2D eigenvalue weighted by Gasteiger charge is 2.28. The molecule has 66 valence electrons. The fourth-order valence-corrected chi connectivity index (χ4v) is 2.01. The smallest absolute Gasteiger partial charge is 0.0151 e. The minimum atomic E-state index is 0.200. The van der Waals surface area contributed by atoms with E-state index in [0.29, 0.717) is 0 Å². The minimum absolute atomic E-state index is 0.200. The van der Waals surface area contributed by atoms with Crippen LogP contribution in [0.3, 0.4) is 0 Å². The molecule has 0 unspecified atom stereocenters. The zero-order chi connectivity index (χ0) is 8.32. The number of nitrogens with two attached hydrogens (primary N) is 1. The van der Waals surface area contributed by atoms with Crippen molar-refractivity contribution in [3.63, 3.8) is 0 Å². The van der Waals surface area contributed by atoms with E-state index in [4.69, 9.17) is 5.73 Å². The summed E-state index contributed by atoms with van der Waals surface area (Å²) >= 11 is 0. The molecule has 0 atom stereocenters. The van der Waals surface area contributed by atoms with Gasteiger partial charge in [-0.3, -0.25) is 0 Å². The van der Waals surface area contributed by atoms with Crippen LogP contribution < -0.4 is 5.73 Å². The van der Waals surface area contributed by atoms with E-state index in [-0.39, 0.29) is 5.54 Å². The fourth-order valence-electron chi connectivity index (χ4n) is 2.01. The molecule has 1 rings (SSSR count). The van der Waals surface area contributed by atoms with E-state index in [1.165, 1.54) is 32.1 Å². The molecule has 11 heavy (non-hydrogen) atoms. The Hall–Kier alpha value is -0.0400. The molecule has 1 nitrogen and oxygen atoms in total. The van der Waals surface area contributed by atoms with Crippen LogP contribution in [-0.4, -0.2) is 5.54 Å². The first kappa shape index (κ1) is 9.05. The van der Waals surface area contributed by atoms with Crippen LogP contribution in [0.2, 0.25) is 0 Å². The van der Waals surface area contributed by atoms with Crippen molar-refractivity contribution in [2.75, 3.05) is 0 Å². The predicted octanol–water partition coefficient (Wildman–Crippen LogP) is 2.69. The normalized spacial score (nSPS) is 39.0. The van der Waals surface area contributed by atoms with E-state index >= 15 is 0 Å². The molecule has 1 fully saturated rings. The molecule has 0 aromatic carbocycles. The molecule has 1 saturated carbocycles. The standard InChI is InChI=1S/C10H21N/c1-3-9-5-7-10(11,4-2)8-6-9/h9H,3-8,11H2,1-2H3. The summed E-state index contributed by atoms with van der Waals surface area (Å²) in [7, 11) is 0. The maximum Gasteiger partial charge on any atom is 0.0151 e. The van der Waals surface area contributed by atoms with Crippen molar-refractivity contribution in [3.05, 3.63) is 0 Å². The average Bonchev–Trinajstić information content (AvgIpc) is 2.06. The third-order valence-corrected chi connectivity index (χ3v) is 3.38. The molecular weight excluding hydrogens is 134 g/mol. The summed E-state index contributed by atoms with van der Waals surface area (Å²) in [6, 6.07) is 0. The Labute approximate surface area is 70.4 Å². The summed E-state index contributed by atoms with van der Waals surface area (Å²) in [5.41, 5.74) is 6.38. The SMILES string of the molecule is CCC1CCC(N)(CC)CC1. The van der Waals surface area contributed by atoms with Crippen molar-refractivity contribution < 1.29 is 0 Å². The third kappa shape index (κ3) is 2.19. The van der Waals surface area contributed by atoms with Crippen molar-refractivity contribution in [1.82, 2.24) is 0 Å². The number of rotatable bonds is 2. The molecule has 0 spiro atoms. The Bertz CT molecular complexity index is 112. The van der Waals surface area contributed by atoms with Gasteiger partial charge in [0.1, 0.15) is 0 Å². The monoisotopic (exact) mass is 155 g/mol. The zero-order valence-electron chi connectivity index (χ0n) is 7.90. The number of hydrogen-bond acceptors (Lipinski definition) is 1. The van der Waals surface area contributed by atoms with Crippen molar-refractivity contribution in [2.45, 2.75) is 57.9 Å². The first-order valence-corrected chi connectivity index (χ1v) is 4.99. The quantitative estimate of drug-likeness (QED) is 0.652. The summed E-state index contributed by atoms with van der Waals surface area (Å²) in [4.78, 5) is 0.